The van der Waals surface area contributed by atoms with Crippen LogP contribution in [0.25, 0.3) is 0 Å². The number of nitrogens with one attached hydrogen (secondary N) is 1. The van der Waals surface area contributed by atoms with Crippen molar-refractivity contribution in [2.75, 3.05) is 16.7 Å². The summed E-state index contributed by atoms with van der Waals surface area (Å²) >= 11 is 0. The first-order valence-electron chi connectivity index (χ1n) is 8.06. The van der Waals surface area contributed by atoms with Crippen LogP contribution in [0.2, 0.25) is 0 Å². The minimum atomic E-state index is -3.73. The van der Waals surface area contributed by atoms with E-state index < -0.39 is 16.1 Å². The van der Waals surface area contributed by atoms with E-state index >= 15 is 0 Å². The standard InChI is InChI=1S/C18H23N3O3S.ClH/c1-3-8-17(19)18(22)20-14-9-7-12-16(13-14)25(23,24)21(2)15-10-5-4-6-11-15;/h4-7,9-13,17H,3,8,19H2,1-2H3,(H,20,22);1H. The van der Waals surface area contributed by atoms with E-state index in [4.69, 9.17) is 5.73 Å². The van der Waals surface area contributed by atoms with Gasteiger partial charge in [-0.3, -0.25) is 9.10 Å². The first-order chi connectivity index (χ1) is 11.9. The number of para-hydroxylation sites is 1. The fourth-order valence-electron chi connectivity index (χ4n) is 2.35. The maximum atomic E-state index is 12.8. The molecule has 2 rings (SSSR count). The summed E-state index contributed by atoms with van der Waals surface area (Å²) in [5.41, 5.74) is 6.74. The number of sulfonamides is 1. The lowest BCUT2D eigenvalue weighted by Gasteiger charge is -2.20. The van der Waals surface area contributed by atoms with Gasteiger partial charge in [-0.15, -0.1) is 12.4 Å². The van der Waals surface area contributed by atoms with Crippen LogP contribution in [0, 0.1) is 0 Å². The Kier molecular flexibility index (Phi) is 8.08. The number of hydrogen-bond donors (Lipinski definition) is 2. The van der Waals surface area contributed by atoms with E-state index in [2.05, 4.69) is 5.32 Å². The van der Waals surface area contributed by atoms with Gasteiger partial charge < -0.3 is 11.1 Å². The van der Waals surface area contributed by atoms with Crippen LogP contribution in [-0.2, 0) is 14.8 Å². The van der Waals surface area contributed by atoms with E-state index in [0.717, 1.165) is 6.42 Å². The molecule has 1 unspecified atom stereocenters. The fourth-order valence-corrected chi connectivity index (χ4v) is 3.59. The summed E-state index contributed by atoms with van der Waals surface area (Å²) in [5.74, 6) is -0.326. The van der Waals surface area contributed by atoms with Gasteiger partial charge >= 0.3 is 0 Å². The predicted molar refractivity (Wildman–Crippen MR) is 107 cm³/mol. The molecule has 0 heterocycles. The van der Waals surface area contributed by atoms with Gasteiger partial charge in [0.1, 0.15) is 0 Å². The monoisotopic (exact) mass is 397 g/mol. The Labute approximate surface area is 160 Å². The number of nitrogens with two attached hydrogens (primary N) is 1. The van der Waals surface area contributed by atoms with Crippen LogP contribution >= 0.6 is 12.4 Å². The Morgan fingerprint density at radius 3 is 2.42 bits per heavy atom. The van der Waals surface area contributed by atoms with Crippen molar-refractivity contribution < 1.29 is 13.2 Å². The summed E-state index contributed by atoms with van der Waals surface area (Å²) < 4.78 is 26.8. The Morgan fingerprint density at radius 2 is 1.81 bits per heavy atom. The van der Waals surface area contributed by atoms with Crippen LogP contribution in [-0.4, -0.2) is 27.4 Å². The first-order valence-corrected chi connectivity index (χ1v) is 9.50. The van der Waals surface area contributed by atoms with Gasteiger partial charge in [0.25, 0.3) is 10.0 Å². The topological polar surface area (TPSA) is 92.5 Å². The van der Waals surface area contributed by atoms with Gasteiger partial charge in [-0.2, -0.15) is 0 Å². The van der Waals surface area contributed by atoms with Gasteiger partial charge in [-0.1, -0.05) is 37.6 Å². The van der Waals surface area contributed by atoms with Crippen molar-refractivity contribution >= 4 is 39.7 Å². The molecule has 0 aliphatic rings. The van der Waals surface area contributed by atoms with Crippen LogP contribution in [0.3, 0.4) is 0 Å². The summed E-state index contributed by atoms with van der Waals surface area (Å²) in [6.45, 7) is 1.94. The second-order valence-electron chi connectivity index (χ2n) is 5.72. The largest absolute Gasteiger partial charge is 0.325 e. The molecule has 6 nitrogen and oxygen atoms in total. The van der Waals surface area contributed by atoms with Gasteiger partial charge in [-0.05, 0) is 36.8 Å². The smallest absolute Gasteiger partial charge is 0.264 e. The highest BCUT2D eigenvalue weighted by molar-refractivity contribution is 7.92. The van der Waals surface area contributed by atoms with Crippen molar-refractivity contribution in [3.63, 3.8) is 0 Å². The zero-order valence-corrected chi connectivity index (χ0v) is 16.4. The van der Waals surface area contributed by atoms with Crippen molar-refractivity contribution in [3.8, 4) is 0 Å². The molecule has 26 heavy (non-hydrogen) atoms. The molecule has 2 aromatic carbocycles. The summed E-state index contributed by atoms with van der Waals surface area (Å²) in [5, 5.41) is 2.67. The Balaban J connectivity index is 0.00000338. The van der Waals surface area contributed by atoms with Crippen LogP contribution in [0.1, 0.15) is 19.8 Å². The fraction of sp³-hybridized carbons (Fsp3) is 0.278. The molecule has 0 aliphatic carbocycles. The van der Waals surface area contributed by atoms with E-state index in [9.17, 15) is 13.2 Å². The maximum Gasteiger partial charge on any atom is 0.264 e. The minimum Gasteiger partial charge on any atom is -0.325 e. The second kappa shape index (κ2) is 9.56. The third-order valence-corrected chi connectivity index (χ3v) is 5.60. The van der Waals surface area contributed by atoms with E-state index in [0.29, 0.717) is 17.8 Å². The number of amides is 1. The summed E-state index contributed by atoms with van der Waals surface area (Å²) in [6.07, 6.45) is 1.37. The third-order valence-electron chi connectivity index (χ3n) is 3.82. The van der Waals surface area contributed by atoms with Crippen LogP contribution in [0.15, 0.2) is 59.5 Å². The molecule has 0 spiro atoms. The highest BCUT2D eigenvalue weighted by Crippen LogP contribution is 2.23. The number of nitrogens with zero attached hydrogens (tertiary/aromatic N) is 1. The van der Waals surface area contributed by atoms with Crippen LogP contribution < -0.4 is 15.4 Å². The SMILES string of the molecule is CCCC(N)C(=O)Nc1cccc(S(=O)(=O)N(C)c2ccccc2)c1.Cl. The number of benzene rings is 2. The number of carbonyl (C=O) groups excluding carboxylic acids is 1. The van der Waals surface area contributed by atoms with Gasteiger partial charge in [-0.25, -0.2) is 8.42 Å². The lowest BCUT2D eigenvalue weighted by Crippen LogP contribution is -2.35. The molecule has 1 atom stereocenters. The Hall–Kier alpha value is -2.09. The van der Waals surface area contributed by atoms with Crippen molar-refractivity contribution in [2.24, 2.45) is 5.73 Å². The lowest BCUT2D eigenvalue weighted by atomic mass is 10.1. The average Bonchev–Trinajstić information content (AvgIpc) is 2.62. The molecule has 0 aromatic heterocycles. The quantitative estimate of drug-likeness (QED) is 0.751. The van der Waals surface area contributed by atoms with Gasteiger partial charge in [0.05, 0.1) is 16.6 Å². The van der Waals surface area contributed by atoms with Crippen molar-refractivity contribution in [1.29, 1.82) is 0 Å². The minimum absolute atomic E-state index is 0. The molecular weight excluding hydrogens is 374 g/mol. The molecule has 3 N–H and O–H groups in total. The van der Waals surface area contributed by atoms with Crippen molar-refractivity contribution in [3.05, 3.63) is 54.6 Å². The van der Waals surface area contributed by atoms with E-state index in [1.807, 2.05) is 13.0 Å². The Bertz CT molecular complexity index is 829. The zero-order valence-electron chi connectivity index (χ0n) is 14.8. The number of halogens is 1. The van der Waals surface area contributed by atoms with E-state index in [-0.39, 0.29) is 23.2 Å². The van der Waals surface area contributed by atoms with Gasteiger partial charge in [0, 0.05) is 12.7 Å². The summed E-state index contributed by atoms with van der Waals surface area (Å²) in [6, 6.07) is 14.3. The second-order valence-corrected chi connectivity index (χ2v) is 7.69. The van der Waals surface area contributed by atoms with Gasteiger partial charge in [0.15, 0.2) is 0 Å². The zero-order chi connectivity index (χ0) is 18.4. The highest BCUT2D eigenvalue weighted by atomic mass is 35.5. The van der Waals surface area contributed by atoms with Crippen LogP contribution in [0.5, 0.6) is 0 Å². The van der Waals surface area contributed by atoms with Crippen molar-refractivity contribution in [2.45, 2.75) is 30.7 Å². The van der Waals surface area contributed by atoms with Crippen molar-refractivity contribution in [1.82, 2.24) is 0 Å². The predicted octanol–water partition coefficient (Wildman–Crippen LogP) is 3.00. The molecule has 0 saturated carbocycles. The molecule has 0 radical (unpaired) electrons. The molecular formula is C18H24ClN3O3S. The molecule has 0 fully saturated rings. The number of anilines is 2. The molecule has 0 saturated heterocycles. The average molecular weight is 398 g/mol. The Morgan fingerprint density at radius 1 is 1.15 bits per heavy atom. The first kappa shape index (κ1) is 22.0. The van der Waals surface area contributed by atoms with Crippen LogP contribution in [0.4, 0.5) is 11.4 Å². The molecule has 1 amide bonds. The third kappa shape index (κ3) is 5.20. The molecule has 2 aromatic rings. The molecule has 142 valence electrons. The van der Waals surface area contributed by atoms with E-state index in [1.165, 1.54) is 23.5 Å². The number of hydrogen-bond acceptors (Lipinski definition) is 4. The molecule has 8 heteroatoms. The molecule has 0 aliphatic heterocycles. The number of carbonyl (C=O) groups is 1. The highest BCUT2D eigenvalue weighted by Gasteiger charge is 2.22. The summed E-state index contributed by atoms with van der Waals surface area (Å²) in [4.78, 5) is 12.1. The lowest BCUT2D eigenvalue weighted by molar-refractivity contribution is -0.117. The van der Waals surface area contributed by atoms with Gasteiger partial charge in [0.2, 0.25) is 5.91 Å². The maximum absolute atomic E-state index is 12.8. The summed E-state index contributed by atoms with van der Waals surface area (Å²) in [7, 11) is -2.24. The molecule has 0 bridgehead atoms. The number of rotatable bonds is 7. The normalized spacial score (nSPS) is 12.0. The van der Waals surface area contributed by atoms with E-state index in [1.54, 1.807) is 36.4 Å².